The molecule has 0 unspecified atom stereocenters. The Balaban J connectivity index is 1.39. The molecule has 0 bridgehead atoms. The molecule has 4 nitrogen and oxygen atoms in total. The summed E-state index contributed by atoms with van der Waals surface area (Å²) in [6, 6.07) is 15.9. The maximum Gasteiger partial charge on any atom is 0.258 e. The monoisotopic (exact) mass is 402 g/mol. The number of rotatable bonds is 7. The van der Waals surface area contributed by atoms with Gasteiger partial charge in [-0.1, -0.05) is 40.2 Å². The minimum Gasteiger partial charge on any atom is -0.484 e. The summed E-state index contributed by atoms with van der Waals surface area (Å²) >= 11 is 3.37. The molecular weight excluding hydrogens is 380 g/mol. The van der Waals surface area contributed by atoms with Crippen molar-refractivity contribution in [3.63, 3.8) is 0 Å². The predicted molar refractivity (Wildman–Crippen MR) is 102 cm³/mol. The second-order valence-corrected chi connectivity index (χ2v) is 7.23. The van der Waals surface area contributed by atoms with E-state index < -0.39 is 0 Å². The molecule has 1 heterocycles. The van der Waals surface area contributed by atoms with Gasteiger partial charge in [-0.3, -0.25) is 9.69 Å². The summed E-state index contributed by atoms with van der Waals surface area (Å²) in [6.07, 6.45) is 2.62. The van der Waals surface area contributed by atoms with Gasteiger partial charge in [0.25, 0.3) is 5.91 Å². The Kier molecular flexibility index (Phi) is 6.48. The maximum absolute atomic E-state index is 11.9. The molecule has 5 heteroatoms. The molecule has 1 saturated heterocycles. The van der Waals surface area contributed by atoms with E-state index in [-0.39, 0.29) is 12.5 Å². The molecule has 2 aromatic carbocycles. The van der Waals surface area contributed by atoms with Gasteiger partial charge in [0.15, 0.2) is 6.61 Å². The van der Waals surface area contributed by atoms with Crippen molar-refractivity contribution in [1.82, 2.24) is 10.2 Å². The SMILES string of the molecule is O=C(COc1ccc(Br)cc1)NCc1ccc(CN2CCCC2)cc1. The predicted octanol–water partition coefficient (Wildman–Crippen LogP) is 3.74. The van der Waals surface area contributed by atoms with Crippen LogP contribution in [-0.4, -0.2) is 30.5 Å². The molecular formula is C20H23BrN2O2. The lowest BCUT2D eigenvalue weighted by atomic mass is 10.1. The van der Waals surface area contributed by atoms with E-state index in [0.717, 1.165) is 16.6 Å². The van der Waals surface area contributed by atoms with E-state index in [4.69, 9.17) is 4.74 Å². The molecule has 2 aromatic rings. The second kappa shape index (κ2) is 9.02. The van der Waals surface area contributed by atoms with Crippen LogP contribution in [0.3, 0.4) is 0 Å². The molecule has 0 saturated carbocycles. The number of likely N-dealkylation sites (tertiary alicyclic amines) is 1. The number of amides is 1. The molecule has 1 amide bonds. The summed E-state index contributed by atoms with van der Waals surface area (Å²) in [6.45, 7) is 3.97. The van der Waals surface area contributed by atoms with Gasteiger partial charge < -0.3 is 10.1 Å². The first-order valence-electron chi connectivity index (χ1n) is 8.64. The van der Waals surface area contributed by atoms with Crippen LogP contribution < -0.4 is 10.1 Å². The number of carbonyl (C=O) groups excluding carboxylic acids is 1. The van der Waals surface area contributed by atoms with Crippen LogP contribution in [0.2, 0.25) is 0 Å². The number of benzene rings is 2. The van der Waals surface area contributed by atoms with E-state index in [2.05, 4.69) is 50.4 Å². The van der Waals surface area contributed by atoms with Gasteiger partial charge in [0.1, 0.15) is 5.75 Å². The lowest BCUT2D eigenvalue weighted by Gasteiger charge is -2.14. The number of hydrogen-bond donors (Lipinski definition) is 1. The average molecular weight is 403 g/mol. The molecule has 1 aliphatic rings. The third-order valence-electron chi connectivity index (χ3n) is 4.30. The van der Waals surface area contributed by atoms with Crippen molar-refractivity contribution in [1.29, 1.82) is 0 Å². The molecule has 0 aliphatic carbocycles. The molecule has 1 N–H and O–H groups in total. The normalized spacial score (nSPS) is 14.4. The average Bonchev–Trinajstić information content (AvgIpc) is 3.14. The molecule has 0 atom stereocenters. The van der Waals surface area contributed by atoms with Crippen molar-refractivity contribution >= 4 is 21.8 Å². The number of nitrogens with zero attached hydrogens (tertiary/aromatic N) is 1. The van der Waals surface area contributed by atoms with Gasteiger partial charge in [-0.05, 0) is 61.3 Å². The van der Waals surface area contributed by atoms with Gasteiger partial charge in [-0.15, -0.1) is 0 Å². The number of hydrogen-bond acceptors (Lipinski definition) is 3. The fourth-order valence-electron chi connectivity index (χ4n) is 2.89. The van der Waals surface area contributed by atoms with Crippen LogP contribution in [0.4, 0.5) is 0 Å². The quantitative estimate of drug-likeness (QED) is 0.766. The van der Waals surface area contributed by atoms with E-state index in [1.165, 1.54) is 31.5 Å². The van der Waals surface area contributed by atoms with Crippen molar-refractivity contribution in [2.45, 2.75) is 25.9 Å². The third kappa shape index (κ3) is 5.87. The van der Waals surface area contributed by atoms with Gasteiger partial charge in [0.2, 0.25) is 0 Å². The zero-order valence-electron chi connectivity index (χ0n) is 14.2. The Hall–Kier alpha value is -1.85. The first-order chi connectivity index (χ1) is 12.2. The summed E-state index contributed by atoms with van der Waals surface area (Å²) in [5, 5.41) is 2.89. The Morgan fingerprint density at radius 3 is 2.32 bits per heavy atom. The van der Waals surface area contributed by atoms with E-state index >= 15 is 0 Å². The standard InChI is InChI=1S/C20H23BrN2O2/c21-18-7-9-19(10-8-18)25-15-20(24)22-13-16-3-5-17(6-4-16)14-23-11-1-2-12-23/h3-10H,1-2,11-15H2,(H,22,24). The minimum absolute atomic E-state index is 0.0225. The highest BCUT2D eigenvalue weighted by Crippen LogP contribution is 2.16. The highest BCUT2D eigenvalue weighted by Gasteiger charge is 2.11. The van der Waals surface area contributed by atoms with Crippen LogP contribution in [-0.2, 0) is 17.9 Å². The molecule has 0 aromatic heterocycles. The zero-order valence-corrected chi connectivity index (χ0v) is 15.8. The van der Waals surface area contributed by atoms with Gasteiger partial charge >= 0.3 is 0 Å². The Morgan fingerprint density at radius 1 is 1.00 bits per heavy atom. The molecule has 0 spiro atoms. The van der Waals surface area contributed by atoms with Crippen LogP contribution in [0.5, 0.6) is 5.75 Å². The topological polar surface area (TPSA) is 41.6 Å². The van der Waals surface area contributed by atoms with Gasteiger partial charge in [0.05, 0.1) is 0 Å². The van der Waals surface area contributed by atoms with E-state index in [1.807, 2.05) is 24.3 Å². The van der Waals surface area contributed by atoms with E-state index in [0.29, 0.717) is 12.3 Å². The van der Waals surface area contributed by atoms with Crippen LogP contribution in [0.15, 0.2) is 53.0 Å². The van der Waals surface area contributed by atoms with Crippen LogP contribution in [0.25, 0.3) is 0 Å². The van der Waals surface area contributed by atoms with Crippen LogP contribution >= 0.6 is 15.9 Å². The van der Waals surface area contributed by atoms with Crippen molar-refractivity contribution in [2.24, 2.45) is 0 Å². The molecule has 1 fully saturated rings. The summed E-state index contributed by atoms with van der Waals surface area (Å²) in [5.74, 6) is 0.564. The molecule has 3 rings (SSSR count). The molecule has 0 radical (unpaired) electrons. The van der Waals surface area contributed by atoms with Gasteiger partial charge in [-0.2, -0.15) is 0 Å². The van der Waals surface area contributed by atoms with E-state index in [1.54, 1.807) is 0 Å². The third-order valence-corrected chi connectivity index (χ3v) is 4.83. The highest BCUT2D eigenvalue weighted by atomic mass is 79.9. The van der Waals surface area contributed by atoms with Crippen molar-refractivity contribution in [2.75, 3.05) is 19.7 Å². The fraction of sp³-hybridized carbons (Fsp3) is 0.350. The highest BCUT2D eigenvalue weighted by molar-refractivity contribution is 9.10. The Labute approximate surface area is 157 Å². The number of ether oxygens (including phenoxy) is 1. The first-order valence-corrected chi connectivity index (χ1v) is 9.43. The van der Waals surface area contributed by atoms with Crippen molar-refractivity contribution < 1.29 is 9.53 Å². The summed E-state index contributed by atoms with van der Waals surface area (Å²) in [4.78, 5) is 14.4. The summed E-state index contributed by atoms with van der Waals surface area (Å²) < 4.78 is 6.45. The Bertz CT molecular complexity index is 680. The van der Waals surface area contributed by atoms with Crippen molar-refractivity contribution in [3.8, 4) is 5.75 Å². The fourth-order valence-corrected chi connectivity index (χ4v) is 3.16. The van der Waals surface area contributed by atoms with E-state index in [9.17, 15) is 4.79 Å². The summed E-state index contributed by atoms with van der Waals surface area (Å²) in [7, 11) is 0. The van der Waals surface area contributed by atoms with Crippen molar-refractivity contribution in [3.05, 3.63) is 64.1 Å². The summed E-state index contributed by atoms with van der Waals surface area (Å²) in [5.41, 5.74) is 2.43. The maximum atomic E-state index is 11.9. The molecule has 1 aliphatic heterocycles. The zero-order chi connectivity index (χ0) is 17.5. The largest absolute Gasteiger partial charge is 0.484 e. The molecule has 132 valence electrons. The molecule has 25 heavy (non-hydrogen) atoms. The smallest absolute Gasteiger partial charge is 0.258 e. The van der Waals surface area contributed by atoms with Crippen LogP contribution in [0.1, 0.15) is 24.0 Å². The minimum atomic E-state index is -0.121. The van der Waals surface area contributed by atoms with Gasteiger partial charge in [0, 0.05) is 17.6 Å². The van der Waals surface area contributed by atoms with Crippen LogP contribution in [0, 0.1) is 0 Å². The van der Waals surface area contributed by atoms with Gasteiger partial charge in [-0.25, -0.2) is 0 Å². The number of halogens is 1. The Morgan fingerprint density at radius 2 is 1.64 bits per heavy atom. The second-order valence-electron chi connectivity index (χ2n) is 6.32. The first kappa shape index (κ1) is 18.0. The number of nitrogens with one attached hydrogen (secondary N) is 1. The number of carbonyl (C=O) groups is 1. The lowest BCUT2D eigenvalue weighted by Crippen LogP contribution is -2.28. The lowest BCUT2D eigenvalue weighted by molar-refractivity contribution is -0.123.